The number of carbonyl (C=O) groups excluding carboxylic acids is 1. The first-order chi connectivity index (χ1) is 13.8. The topological polar surface area (TPSA) is 61.0 Å². The zero-order valence-electron chi connectivity index (χ0n) is 15.5. The van der Waals surface area contributed by atoms with Gasteiger partial charge in [0.1, 0.15) is 0 Å². The number of aromatic nitrogens is 2. The number of thiophene rings is 1. The molecule has 0 unspecified atom stereocenters. The van der Waals surface area contributed by atoms with Crippen LogP contribution in [0.5, 0.6) is 0 Å². The largest absolute Gasteiger partial charge is 0.351 e. The van der Waals surface area contributed by atoms with Gasteiger partial charge in [0.25, 0.3) is 0 Å². The van der Waals surface area contributed by atoms with Gasteiger partial charge in [0.2, 0.25) is 5.91 Å². The summed E-state index contributed by atoms with van der Waals surface area (Å²) in [5, 5.41) is 15.1. The third-order valence-corrected chi connectivity index (χ3v) is 7.06. The molecule has 1 aromatic carbocycles. The number of aromatic amines is 1. The van der Waals surface area contributed by atoms with Crippen LogP contribution in [-0.4, -0.2) is 52.1 Å². The minimum atomic E-state index is 0.106. The Morgan fingerprint density at radius 1 is 1.25 bits per heavy atom. The van der Waals surface area contributed by atoms with Crippen LogP contribution in [0.25, 0.3) is 22.5 Å². The predicted octanol–water partition coefficient (Wildman–Crippen LogP) is 3.37. The summed E-state index contributed by atoms with van der Waals surface area (Å²) < 4.78 is 0. The molecular weight excluding hydrogens is 388 g/mol. The Bertz CT molecular complexity index is 990. The highest BCUT2D eigenvalue weighted by Crippen LogP contribution is 2.40. The Kier molecular flexibility index (Phi) is 4.96. The number of hydrogen-bond acceptors (Lipinski definition) is 5. The number of nitrogens with zero attached hydrogens (tertiary/aromatic N) is 2. The van der Waals surface area contributed by atoms with Gasteiger partial charge in [-0.05, 0) is 28.6 Å². The molecule has 1 aliphatic heterocycles. The summed E-state index contributed by atoms with van der Waals surface area (Å²) in [5.41, 5.74) is 8.29. The van der Waals surface area contributed by atoms with E-state index in [4.69, 9.17) is 0 Å². The van der Waals surface area contributed by atoms with E-state index < -0.39 is 0 Å². The van der Waals surface area contributed by atoms with Gasteiger partial charge in [-0.1, -0.05) is 12.1 Å². The van der Waals surface area contributed by atoms with E-state index in [1.807, 2.05) is 11.8 Å². The Morgan fingerprint density at radius 3 is 2.96 bits per heavy atom. The van der Waals surface area contributed by atoms with E-state index in [2.05, 4.69) is 55.4 Å². The Hall–Kier alpha value is -2.09. The maximum atomic E-state index is 12.3. The van der Waals surface area contributed by atoms with Gasteiger partial charge in [0.05, 0.1) is 17.9 Å². The predicted molar refractivity (Wildman–Crippen MR) is 116 cm³/mol. The molecule has 1 amide bonds. The first kappa shape index (κ1) is 18.0. The van der Waals surface area contributed by atoms with Gasteiger partial charge in [0.15, 0.2) is 0 Å². The minimum absolute atomic E-state index is 0.106. The van der Waals surface area contributed by atoms with Gasteiger partial charge in [-0.25, -0.2) is 0 Å². The molecule has 0 spiro atoms. The van der Waals surface area contributed by atoms with E-state index in [0.717, 1.165) is 48.0 Å². The van der Waals surface area contributed by atoms with Crippen molar-refractivity contribution < 1.29 is 4.79 Å². The van der Waals surface area contributed by atoms with Crippen LogP contribution in [-0.2, 0) is 17.8 Å². The third kappa shape index (κ3) is 3.50. The summed E-state index contributed by atoms with van der Waals surface area (Å²) in [6.07, 6.45) is 0.909. The molecule has 28 heavy (non-hydrogen) atoms. The fraction of sp³-hybridized carbons (Fsp3) is 0.333. The van der Waals surface area contributed by atoms with E-state index >= 15 is 0 Å². The first-order valence-electron chi connectivity index (χ1n) is 9.57. The van der Waals surface area contributed by atoms with Gasteiger partial charge in [0, 0.05) is 59.6 Å². The van der Waals surface area contributed by atoms with Crippen LogP contribution in [0.3, 0.4) is 0 Å². The molecule has 5 rings (SSSR count). The third-order valence-electron chi connectivity index (χ3n) is 5.43. The minimum Gasteiger partial charge on any atom is -0.351 e. The first-order valence-corrected chi connectivity index (χ1v) is 11.7. The van der Waals surface area contributed by atoms with Crippen molar-refractivity contribution in [2.75, 3.05) is 31.1 Å². The SMILES string of the molecule is O=C(CN1CCSCC1)NCc1ccc2c(c1)-c1[nH]nc(-c3ccsc3)c1C2. The molecule has 144 valence electrons. The molecule has 3 heterocycles. The number of amides is 1. The molecule has 7 heteroatoms. The van der Waals surface area contributed by atoms with Gasteiger partial charge >= 0.3 is 0 Å². The highest BCUT2D eigenvalue weighted by atomic mass is 32.2. The van der Waals surface area contributed by atoms with Gasteiger partial charge in [-0.3, -0.25) is 14.8 Å². The zero-order chi connectivity index (χ0) is 18.9. The van der Waals surface area contributed by atoms with Crippen molar-refractivity contribution in [1.29, 1.82) is 0 Å². The van der Waals surface area contributed by atoms with E-state index in [1.165, 1.54) is 22.3 Å². The van der Waals surface area contributed by atoms with E-state index in [0.29, 0.717) is 13.1 Å². The number of rotatable bonds is 5. The number of carbonyl (C=O) groups is 1. The molecule has 0 bridgehead atoms. The summed E-state index contributed by atoms with van der Waals surface area (Å²) in [6, 6.07) is 8.62. The van der Waals surface area contributed by atoms with Gasteiger partial charge in [-0.2, -0.15) is 28.2 Å². The molecule has 1 aliphatic carbocycles. The Morgan fingerprint density at radius 2 is 2.14 bits per heavy atom. The molecule has 2 aliphatic rings. The zero-order valence-corrected chi connectivity index (χ0v) is 17.2. The fourth-order valence-corrected chi connectivity index (χ4v) is 5.55. The number of nitrogens with one attached hydrogen (secondary N) is 2. The second-order valence-electron chi connectivity index (χ2n) is 7.27. The van der Waals surface area contributed by atoms with Crippen molar-refractivity contribution in [3.8, 4) is 22.5 Å². The summed E-state index contributed by atoms with van der Waals surface area (Å²) in [6.45, 7) is 3.08. The molecule has 0 atom stereocenters. The van der Waals surface area contributed by atoms with Crippen LogP contribution in [0.1, 0.15) is 16.7 Å². The molecule has 1 fully saturated rings. The standard InChI is InChI=1S/C21H22N4OS2/c26-19(12-25-4-7-27-8-5-25)22-11-14-1-2-15-10-18-20(16-3-6-28-13-16)23-24-21(18)17(15)9-14/h1-3,6,9,13H,4-5,7-8,10-12H2,(H,22,26)(H,23,24). The Balaban J connectivity index is 1.28. The van der Waals surface area contributed by atoms with Gasteiger partial charge < -0.3 is 5.32 Å². The molecular formula is C21H22N4OS2. The maximum Gasteiger partial charge on any atom is 0.234 e. The lowest BCUT2D eigenvalue weighted by Gasteiger charge is -2.25. The van der Waals surface area contributed by atoms with Crippen molar-refractivity contribution in [2.45, 2.75) is 13.0 Å². The molecule has 1 saturated heterocycles. The maximum absolute atomic E-state index is 12.3. The molecule has 5 nitrogen and oxygen atoms in total. The normalized spacial score (nSPS) is 16.0. The summed E-state index contributed by atoms with van der Waals surface area (Å²) in [7, 11) is 0. The highest BCUT2D eigenvalue weighted by molar-refractivity contribution is 7.99. The average molecular weight is 411 g/mol. The van der Waals surface area contributed by atoms with Crippen LogP contribution in [0.4, 0.5) is 0 Å². The lowest BCUT2D eigenvalue weighted by Crippen LogP contribution is -2.41. The lowest BCUT2D eigenvalue weighted by atomic mass is 10.1. The number of hydrogen-bond donors (Lipinski definition) is 2. The number of thioether (sulfide) groups is 1. The summed E-state index contributed by atoms with van der Waals surface area (Å²) >= 11 is 3.65. The smallest absolute Gasteiger partial charge is 0.234 e. The van der Waals surface area contributed by atoms with Crippen LogP contribution in [0.2, 0.25) is 0 Å². The average Bonchev–Trinajstić information content (AvgIpc) is 3.43. The van der Waals surface area contributed by atoms with Crippen LogP contribution < -0.4 is 5.32 Å². The van der Waals surface area contributed by atoms with Crippen molar-refractivity contribution in [3.05, 3.63) is 51.7 Å². The fourth-order valence-electron chi connectivity index (χ4n) is 3.93. The van der Waals surface area contributed by atoms with Crippen molar-refractivity contribution in [1.82, 2.24) is 20.4 Å². The van der Waals surface area contributed by atoms with Crippen LogP contribution in [0, 0.1) is 0 Å². The Labute approximate surface area is 172 Å². The van der Waals surface area contributed by atoms with E-state index in [1.54, 1.807) is 11.3 Å². The second kappa shape index (κ2) is 7.73. The van der Waals surface area contributed by atoms with E-state index in [9.17, 15) is 4.79 Å². The van der Waals surface area contributed by atoms with Crippen molar-refractivity contribution >= 4 is 29.0 Å². The van der Waals surface area contributed by atoms with Crippen molar-refractivity contribution in [2.24, 2.45) is 0 Å². The van der Waals surface area contributed by atoms with E-state index in [-0.39, 0.29) is 5.91 Å². The van der Waals surface area contributed by atoms with Crippen LogP contribution in [0.15, 0.2) is 35.0 Å². The van der Waals surface area contributed by atoms with Gasteiger partial charge in [-0.15, -0.1) is 0 Å². The monoisotopic (exact) mass is 410 g/mol. The molecule has 3 aromatic rings. The number of fused-ring (bicyclic) bond motifs is 3. The molecule has 2 N–H and O–H groups in total. The highest BCUT2D eigenvalue weighted by Gasteiger charge is 2.25. The summed E-state index contributed by atoms with van der Waals surface area (Å²) in [4.78, 5) is 14.5. The molecule has 0 saturated carbocycles. The van der Waals surface area contributed by atoms with Crippen molar-refractivity contribution in [3.63, 3.8) is 0 Å². The van der Waals surface area contributed by atoms with Crippen LogP contribution >= 0.6 is 23.1 Å². The lowest BCUT2D eigenvalue weighted by molar-refractivity contribution is -0.122. The molecule has 0 radical (unpaired) electrons. The second-order valence-corrected chi connectivity index (χ2v) is 9.28. The number of benzene rings is 1. The number of H-pyrrole nitrogens is 1. The summed E-state index contributed by atoms with van der Waals surface area (Å²) in [5.74, 6) is 2.35. The molecule has 2 aromatic heterocycles. The quantitative estimate of drug-likeness (QED) is 0.530.